The quantitative estimate of drug-likeness (QED) is 0.848. The molecule has 0 bridgehead atoms. The summed E-state index contributed by atoms with van der Waals surface area (Å²) >= 11 is 0. The minimum Gasteiger partial charge on any atom is -0.454 e. The van der Waals surface area contributed by atoms with Gasteiger partial charge in [0.2, 0.25) is 12.7 Å². The summed E-state index contributed by atoms with van der Waals surface area (Å²) in [7, 11) is 0. The fourth-order valence-corrected chi connectivity index (χ4v) is 2.10. The van der Waals surface area contributed by atoms with Crippen LogP contribution in [0.4, 0.5) is 0 Å². The molecule has 0 atom stereocenters. The molecule has 0 spiro atoms. The second-order valence-electron chi connectivity index (χ2n) is 5.47. The zero-order chi connectivity index (χ0) is 14.0. The maximum atomic E-state index is 11.7. The average molecular weight is 275 g/mol. The summed E-state index contributed by atoms with van der Waals surface area (Å²) in [6.45, 7) is 4.40. The van der Waals surface area contributed by atoms with Gasteiger partial charge in [-0.15, -0.1) is 0 Å². The van der Waals surface area contributed by atoms with Crippen molar-refractivity contribution in [1.82, 2.24) is 5.32 Å². The molecule has 1 aromatic rings. The van der Waals surface area contributed by atoms with Gasteiger partial charge in [0.25, 0.3) is 0 Å². The van der Waals surface area contributed by atoms with Crippen LogP contribution in [0, 0.1) is 5.41 Å². The van der Waals surface area contributed by atoms with E-state index in [0.717, 1.165) is 11.3 Å². The summed E-state index contributed by atoms with van der Waals surface area (Å²) in [6.07, 6.45) is 3.29. The van der Waals surface area contributed by atoms with Gasteiger partial charge in [0.1, 0.15) is 0 Å². The number of benzene rings is 1. The number of hydrogen-bond acceptors (Lipinski definition) is 4. The van der Waals surface area contributed by atoms with Crippen molar-refractivity contribution in [2.45, 2.75) is 6.92 Å². The van der Waals surface area contributed by atoms with Crippen LogP contribution in [-0.2, 0) is 9.53 Å². The van der Waals surface area contributed by atoms with Crippen molar-refractivity contribution in [3.63, 3.8) is 0 Å². The number of amides is 1. The first-order valence-electron chi connectivity index (χ1n) is 6.58. The van der Waals surface area contributed by atoms with Crippen molar-refractivity contribution in [3.8, 4) is 11.5 Å². The van der Waals surface area contributed by atoms with Crippen LogP contribution in [0.25, 0.3) is 6.08 Å². The molecule has 1 saturated heterocycles. The standard InChI is InChI=1S/C15H17NO4/c1-15(8-18-9-15)7-16-14(17)5-3-11-2-4-12-13(6-11)20-10-19-12/h2-6H,7-10H2,1H3,(H,16,17)/b5-3+. The van der Waals surface area contributed by atoms with E-state index < -0.39 is 0 Å². The van der Waals surface area contributed by atoms with Crippen LogP contribution in [0.2, 0.25) is 0 Å². The van der Waals surface area contributed by atoms with Crippen molar-refractivity contribution in [2.24, 2.45) is 5.41 Å². The Balaban J connectivity index is 1.55. The molecule has 5 heteroatoms. The summed E-state index contributed by atoms with van der Waals surface area (Å²) in [6, 6.07) is 5.58. The minimum atomic E-state index is -0.101. The normalized spacial score (nSPS) is 18.9. The Morgan fingerprint density at radius 3 is 2.90 bits per heavy atom. The Morgan fingerprint density at radius 1 is 1.35 bits per heavy atom. The highest BCUT2D eigenvalue weighted by molar-refractivity contribution is 5.91. The molecule has 5 nitrogen and oxygen atoms in total. The number of nitrogens with one attached hydrogen (secondary N) is 1. The molecule has 0 radical (unpaired) electrons. The van der Waals surface area contributed by atoms with Crippen LogP contribution in [0.1, 0.15) is 12.5 Å². The van der Waals surface area contributed by atoms with E-state index in [9.17, 15) is 4.79 Å². The van der Waals surface area contributed by atoms with Gasteiger partial charge in [-0.25, -0.2) is 0 Å². The third-order valence-corrected chi connectivity index (χ3v) is 3.41. The van der Waals surface area contributed by atoms with E-state index in [1.54, 1.807) is 6.08 Å². The van der Waals surface area contributed by atoms with E-state index in [1.165, 1.54) is 6.08 Å². The lowest BCUT2D eigenvalue weighted by Crippen LogP contribution is -2.48. The van der Waals surface area contributed by atoms with Gasteiger partial charge >= 0.3 is 0 Å². The summed E-state index contributed by atoms with van der Waals surface area (Å²) < 4.78 is 15.7. The predicted molar refractivity (Wildman–Crippen MR) is 73.5 cm³/mol. The lowest BCUT2D eigenvalue weighted by atomic mass is 9.89. The molecular weight excluding hydrogens is 258 g/mol. The lowest BCUT2D eigenvalue weighted by Gasteiger charge is -2.37. The highest BCUT2D eigenvalue weighted by Crippen LogP contribution is 2.32. The summed E-state index contributed by atoms with van der Waals surface area (Å²) in [5.74, 6) is 1.35. The second-order valence-corrected chi connectivity index (χ2v) is 5.47. The van der Waals surface area contributed by atoms with Gasteiger partial charge in [0.15, 0.2) is 11.5 Å². The van der Waals surface area contributed by atoms with Crippen LogP contribution < -0.4 is 14.8 Å². The first-order valence-corrected chi connectivity index (χ1v) is 6.58. The molecule has 1 aromatic carbocycles. The maximum absolute atomic E-state index is 11.7. The Kier molecular flexibility index (Phi) is 3.36. The Labute approximate surface area is 117 Å². The third kappa shape index (κ3) is 2.77. The first kappa shape index (κ1) is 13.0. The van der Waals surface area contributed by atoms with Gasteiger partial charge < -0.3 is 19.5 Å². The van der Waals surface area contributed by atoms with E-state index in [4.69, 9.17) is 14.2 Å². The van der Waals surface area contributed by atoms with E-state index in [-0.39, 0.29) is 18.1 Å². The van der Waals surface area contributed by atoms with Crippen molar-refractivity contribution in [2.75, 3.05) is 26.6 Å². The van der Waals surface area contributed by atoms with Gasteiger partial charge in [-0.1, -0.05) is 13.0 Å². The van der Waals surface area contributed by atoms with Gasteiger partial charge in [0.05, 0.1) is 13.2 Å². The van der Waals surface area contributed by atoms with Crippen LogP contribution in [0.15, 0.2) is 24.3 Å². The summed E-state index contributed by atoms with van der Waals surface area (Å²) in [5, 5.41) is 2.89. The molecule has 2 aliphatic rings. The first-order chi connectivity index (χ1) is 9.65. The van der Waals surface area contributed by atoms with Gasteiger partial charge in [-0.3, -0.25) is 4.79 Å². The Bertz CT molecular complexity index is 549. The topological polar surface area (TPSA) is 56.8 Å². The molecule has 0 aromatic heterocycles. The number of fused-ring (bicyclic) bond motifs is 1. The third-order valence-electron chi connectivity index (χ3n) is 3.41. The molecule has 0 unspecified atom stereocenters. The summed E-state index contributed by atoms with van der Waals surface area (Å²) in [4.78, 5) is 11.7. The number of rotatable bonds is 4. The molecule has 2 heterocycles. The van der Waals surface area contributed by atoms with E-state index >= 15 is 0 Å². The minimum absolute atomic E-state index is 0.0856. The molecule has 106 valence electrons. The van der Waals surface area contributed by atoms with Crippen LogP contribution in [0.5, 0.6) is 11.5 Å². The van der Waals surface area contributed by atoms with Crippen molar-refractivity contribution < 1.29 is 19.0 Å². The zero-order valence-corrected chi connectivity index (χ0v) is 11.3. The molecule has 1 N–H and O–H groups in total. The van der Waals surface area contributed by atoms with Crippen LogP contribution >= 0.6 is 0 Å². The van der Waals surface area contributed by atoms with Gasteiger partial charge in [-0.05, 0) is 23.8 Å². The van der Waals surface area contributed by atoms with E-state index in [0.29, 0.717) is 25.5 Å². The Hall–Kier alpha value is -2.01. The lowest BCUT2D eigenvalue weighted by molar-refractivity contribution is -0.122. The summed E-state index contributed by atoms with van der Waals surface area (Å²) in [5.41, 5.74) is 0.991. The van der Waals surface area contributed by atoms with Gasteiger partial charge in [0, 0.05) is 18.0 Å². The van der Waals surface area contributed by atoms with Crippen LogP contribution in [-0.4, -0.2) is 32.5 Å². The molecule has 0 saturated carbocycles. The predicted octanol–water partition coefficient (Wildman–Crippen LogP) is 1.58. The van der Waals surface area contributed by atoms with Gasteiger partial charge in [-0.2, -0.15) is 0 Å². The maximum Gasteiger partial charge on any atom is 0.244 e. The van der Waals surface area contributed by atoms with Crippen molar-refractivity contribution >= 4 is 12.0 Å². The molecule has 2 aliphatic heterocycles. The molecule has 0 aliphatic carbocycles. The van der Waals surface area contributed by atoms with Crippen molar-refractivity contribution in [3.05, 3.63) is 29.8 Å². The largest absolute Gasteiger partial charge is 0.454 e. The highest BCUT2D eigenvalue weighted by atomic mass is 16.7. The number of ether oxygens (including phenoxy) is 3. The van der Waals surface area contributed by atoms with E-state index in [1.807, 2.05) is 18.2 Å². The molecular formula is C15H17NO4. The average Bonchev–Trinajstić information content (AvgIpc) is 2.88. The number of carbonyl (C=O) groups is 1. The highest BCUT2D eigenvalue weighted by Gasteiger charge is 2.33. The van der Waals surface area contributed by atoms with Crippen LogP contribution in [0.3, 0.4) is 0 Å². The monoisotopic (exact) mass is 275 g/mol. The fraction of sp³-hybridized carbons (Fsp3) is 0.400. The number of hydrogen-bond donors (Lipinski definition) is 1. The van der Waals surface area contributed by atoms with Crippen molar-refractivity contribution in [1.29, 1.82) is 0 Å². The Morgan fingerprint density at radius 2 is 2.15 bits per heavy atom. The zero-order valence-electron chi connectivity index (χ0n) is 11.3. The number of carbonyl (C=O) groups excluding carboxylic acids is 1. The smallest absolute Gasteiger partial charge is 0.244 e. The SMILES string of the molecule is CC1(CNC(=O)/C=C/c2ccc3c(c2)OCO3)COC1. The van der Waals surface area contributed by atoms with E-state index in [2.05, 4.69) is 12.2 Å². The molecule has 1 amide bonds. The molecule has 3 rings (SSSR count). The second kappa shape index (κ2) is 5.17. The fourth-order valence-electron chi connectivity index (χ4n) is 2.10. The molecule has 1 fully saturated rings. The molecule has 20 heavy (non-hydrogen) atoms.